The smallest absolute Gasteiger partial charge is 0.223 e. The topological polar surface area (TPSA) is 47.6 Å². The fourth-order valence-electron chi connectivity index (χ4n) is 4.88. The van der Waals surface area contributed by atoms with Crippen LogP contribution in [0.2, 0.25) is 0 Å². The molecule has 2 aliphatic rings. The number of rotatable bonds is 8. The molecule has 1 N–H and O–H groups in total. The number of unbranched alkanes of at least 4 members (excludes halogenated alkanes) is 1. The molecule has 28 heavy (non-hydrogen) atoms. The summed E-state index contributed by atoms with van der Waals surface area (Å²) in [5.41, 5.74) is 1.25. The Kier molecular flexibility index (Phi) is 7.78. The van der Waals surface area contributed by atoms with Crippen LogP contribution in [0.25, 0.3) is 0 Å². The second kappa shape index (κ2) is 10.3. The van der Waals surface area contributed by atoms with Crippen molar-refractivity contribution in [3.05, 3.63) is 29.8 Å². The Labute approximate surface area is 170 Å². The van der Waals surface area contributed by atoms with Gasteiger partial charge in [0, 0.05) is 31.1 Å². The molecule has 0 unspecified atom stereocenters. The van der Waals surface area contributed by atoms with Crippen molar-refractivity contribution in [3.8, 4) is 5.75 Å². The first-order valence-corrected chi connectivity index (χ1v) is 11.2. The van der Waals surface area contributed by atoms with Crippen LogP contribution in [-0.4, -0.2) is 32.8 Å². The lowest BCUT2D eigenvalue weighted by Crippen LogP contribution is -2.46. The number of hydrogen-bond donors (Lipinski definition) is 1. The molecule has 0 atom stereocenters. The van der Waals surface area contributed by atoms with Crippen molar-refractivity contribution < 1.29 is 14.3 Å². The lowest BCUT2D eigenvalue weighted by molar-refractivity contribution is -0.126. The third kappa shape index (κ3) is 5.28. The van der Waals surface area contributed by atoms with Crippen LogP contribution < -0.4 is 10.1 Å². The Hall–Kier alpha value is -1.55. The van der Waals surface area contributed by atoms with Crippen molar-refractivity contribution in [1.29, 1.82) is 0 Å². The summed E-state index contributed by atoms with van der Waals surface area (Å²) in [5.74, 6) is 2.17. The zero-order valence-electron chi connectivity index (χ0n) is 17.7. The van der Waals surface area contributed by atoms with Gasteiger partial charge >= 0.3 is 0 Å². The minimum atomic E-state index is -0.0293. The molecule has 1 saturated heterocycles. The van der Waals surface area contributed by atoms with Gasteiger partial charge in [0.15, 0.2) is 0 Å². The number of benzene rings is 1. The van der Waals surface area contributed by atoms with Crippen molar-refractivity contribution >= 4 is 5.91 Å². The molecular weight excluding hydrogens is 350 g/mol. The van der Waals surface area contributed by atoms with E-state index in [1.165, 1.54) is 37.7 Å². The van der Waals surface area contributed by atoms with Gasteiger partial charge in [0.2, 0.25) is 5.91 Å². The minimum absolute atomic E-state index is 0.0293. The summed E-state index contributed by atoms with van der Waals surface area (Å²) in [7, 11) is 1.69. The van der Waals surface area contributed by atoms with Gasteiger partial charge in [-0.25, -0.2) is 0 Å². The summed E-state index contributed by atoms with van der Waals surface area (Å²) >= 11 is 0. The SMILES string of the molecule is CCCCC1CCC(C(=O)NCC2(c3ccc(OC)cc3)CCOCC2)CC1. The van der Waals surface area contributed by atoms with E-state index >= 15 is 0 Å². The molecule has 1 saturated carbocycles. The lowest BCUT2D eigenvalue weighted by atomic mass is 9.73. The van der Waals surface area contributed by atoms with Crippen molar-refractivity contribution in [2.24, 2.45) is 11.8 Å². The number of carbonyl (C=O) groups is 1. The molecule has 4 heteroatoms. The average Bonchev–Trinajstić information content (AvgIpc) is 2.77. The monoisotopic (exact) mass is 387 g/mol. The highest BCUT2D eigenvalue weighted by molar-refractivity contribution is 5.78. The van der Waals surface area contributed by atoms with E-state index in [0.29, 0.717) is 6.54 Å². The molecule has 0 aromatic heterocycles. The molecule has 0 spiro atoms. The maximum absolute atomic E-state index is 12.9. The molecule has 1 aliphatic heterocycles. The quantitative estimate of drug-likeness (QED) is 0.693. The zero-order valence-corrected chi connectivity index (χ0v) is 17.7. The number of carbonyl (C=O) groups excluding carboxylic acids is 1. The van der Waals surface area contributed by atoms with Crippen LogP contribution in [0.4, 0.5) is 0 Å². The Bertz CT molecular complexity index is 599. The highest BCUT2D eigenvalue weighted by Gasteiger charge is 2.36. The summed E-state index contributed by atoms with van der Waals surface area (Å²) in [5, 5.41) is 3.32. The lowest BCUT2D eigenvalue weighted by Gasteiger charge is -2.38. The highest BCUT2D eigenvalue weighted by atomic mass is 16.5. The summed E-state index contributed by atoms with van der Waals surface area (Å²) in [4.78, 5) is 12.9. The molecule has 4 nitrogen and oxygen atoms in total. The number of ether oxygens (including phenoxy) is 2. The largest absolute Gasteiger partial charge is 0.497 e. The molecule has 156 valence electrons. The zero-order chi connectivity index (χ0) is 19.8. The maximum atomic E-state index is 12.9. The van der Waals surface area contributed by atoms with Gasteiger partial charge in [0.25, 0.3) is 0 Å². The first-order valence-electron chi connectivity index (χ1n) is 11.2. The standard InChI is InChI=1S/C24H37NO3/c1-3-4-5-19-6-8-20(9-7-19)23(26)25-18-24(14-16-28-17-15-24)21-10-12-22(27-2)13-11-21/h10-13,19-20H,3-9,14-18H2,1-2H3,(H,25,26). The molecular formula is C24H37NO3. The second-order valence-corrected chi connectivity index (χ2v) is 8.70. The number of nitrogens with one attached hydrogen (secondary N) is 1. The second-order valence-electron chi connectivity index (χ2n) is 8.70. The van der Waals surface area contributed by atoms with Gasteiger partial charge in [-0.3, -0.25) is 4.79 Å². The third-order valence-corrected chi connectivity index (χ3v) is 6.94. The van der Waals surface area contributed by atoms with E-state index < -0.39 is 0 Å². The van der Waals surface area contributed by atoms with Gasteiger partial charge in [-0.15, -0.1) is 0 Å². The first kappa shape index (κ1) is 21.2. The van der Waals surface area contributed by atoms with E-state index in [9.17, 15) is 4.79 Å². The summed E-state index contributed by atoms with van der Waals surface area (Å²) in [6.45, 7) is 4.47. The molecule has 0 radical (unpaired) electrons. The van der Waals surface area contributed by atoms with E-state index in [1.807, 2.05) is 12.1 Å². The molecule has 2 fully saturated rings. The van der Waals surface area contributed by atoms with Gasteiger partial charge in [-0.2, -0.15) is 0 Å². The summed E-state index contributed by atoms with van der Waals surface area (Å²) in [6.07, 6.45) is 10.4. The van der Waals surface area contributed by atoms with Crippen LogP contribution in [0.15, 0.2) is 24.3 Å². The van der Waals surface area contributed by atoms with Gasteiger partial charge < -0.3 is 14.8 Å². The van der Waals surface area contributed by atoms with E-state index in [2.05, 4.69) is 24.4 Å². The molecule has 1 amide bonds. The predicted molar refractivity (Wildman–Crippen MR) is 113 cm³/mol. The fraction of sp³-hybridized carbons (Fsp3) is 0.708. The summed E-state index contributed by atoms with van der Waals surface area (Å²) in [6, 6.07) is 8.34. The van der Waals surface area contributed by atoms with Gasteiger partial charge in [-0.05, 0) is 62.1 Å². The number of methoxy groups -OCH3 is 1. The van der Waals surface area contributed by atoms with Crippen LogP contribution in [0.3, 0.4) is 0 Å². The molecule has 3 rings (SSSR count). The van der Waals surface area contributed by atoms with Crippen LogP contribution in [0.5, 0.6) is 5.75 Å². The third-order valence-electron chi connectivity index (χ3n) is 6.94. The normalized spacial score (nSPS) is 24.5. The van der Waals surface area contributed by atoms with Crippen molar-refractivity contribution in [3.63, 3.8) is 0 Å². The summed E-state index contributed by atoms with van der Waals surface area (Å²) < 4.78 is 10.9. The molecule has 1 aromatic carbocycles. The van der Waals surface area contributed by atoms with Crippen molar-refractivity contribution in [1.82, 2.24) is 5.32 Å². The van der Waals surface area contributed by atoms with E-state index in [0.717, 1.165) is 50.6 Å². The van der Waals surface area contributed by atoms with Crippen molar-refractivity contribution in [2.75, 3.05) is 26.9 Å². The van der Waals surface area contributed by atoms with E-state index in [1.54, 1.807) is 7.11 Å². The Morgan fingerprint density at radius 3 is 2.43 bits per heavy atom. The van der Waals surface area contributed by atoms with Crippen LogP contribution in [0.1, 0.15) is 70.3 Å². The van der Waals surface area contributed by atoms with E-state index in [4.69, 9.17) is 9.47 Å². The molecule has 0 bridgehead atoms. The molecule has 1 aromatic rings. The van der Waals surface area contributed by atoms with Crippen LogP contribution >= 0.6 is 0 Å². The molecule has 1 heterocycles. The highest BCUT2D eigenvalue weighted by Crippen LogP contribution is 2.36. The minimum Gasteiger partial charge on any atom is -0.497 e. The Balaban J connectivity index is 1.57. The van der Waals surface area contributed by atoms with E-state index in [-0.39, 0.29) is 17.2 Å². The van der Waals surface area contributed by atoms with Gasteiger partial charge in [-0.1, -0.05) is 38.3 Å². The van der Waals surface area contributed by atoms with Crippen molar-refractivity contribution in [2.45, 2.75) is 70.1 Å². The van der Waals surface area contributed by atoms with Gasteiger partial charge in [0.1, 0.15) is 5.75 Å². The maximum Gasteiger partial charge on any atom is 0.223 e. The molecule has 1 aliphatic carbocycles. The number of hydrogen-bond acceptors (Lipinski definition) is 3. The van der Waals surface area contributed by atoms with Crippen LogP contribution in [-0.2, 0) is 14.9 Å². The van der Waals surface area contributed by atoms with Gasteiger partial charge in [0.05, 0.1) is 7.11 Å². The Morgan fingerprint density at radius 2 is 1.82 bits per heavy atom. The number of amides is 1. The fourth-order valence-corrected chi connectivity index (χ4v) is 4.88. The average molecular weight is 388 g/mol. The predicted octanol–water partition coefficient (Wildman–Crippen LogP) is 4.86. The van der Waals surface area contributed by atoms with Crippen LogP contribution in [0, 0.1) is 11.8 Å². The Morgan fingerprint density at radius 1 is 1.14 bits per heavy atom. The first-order chi connectivity index (χ1) is 13.7.